The zero-order valence-electron chi connectivity index (χ0n) is 10.4. The van der Waals surface area contributed by atoms with Crippen molar-refractivity contribution < 1.29 is 9.23 Å². The molecule has 0 unspecified atom stereocenters. The van der Waals surface area contributed by atoms with Gasteiger partial charge in [0.15, 0.2) is 0 Å². The van der Waals surface area contributed by atoms with E-state index in [9.17, 15) is 4.39 Å². The Morgan fingerprint density at radius 2 is 2.05 bits per heavy atom. The molecule has 0 spiro atoms. The Morgan fingerprint density at radius 3 is 2.80 bits per heavy atom. The summed E-state index contributed by atoms with van der Waals surface area (Å²) in [5, 5.41) is 12.8. The van der Waals surface area contributed by atoms with Gasteiger partial charge in [-0.15, -0.1) is 0 Å². The molecule has 0 N–H and O–H groups in total. The molecule has 0 heterocycles. The molecule has 0 saturated heterocycles. The average Bonchev–Trinajstić information content (AvgIpc) is 2.46. The fourth-order valence-corrected chi connectivity index (χ4v) is 1.80. The van der Waals surface area contributed by atoms with Gasteiger partial charge in [-0.05, 0) is 18.2 Å². The van der Waals surface area contributed by atoms with E-state index < -0.39 is 5.82 Å². The molecule has 0 radical (unpaired) electrons. The summed E-state index contributed by atoms with van der Waals surface area (Å²) in [6.07, 6.45) is 1.21. The Hall–Kier alpha value is -2.38. The monoisotopic (exact) mass is 288 g/mol. The zero-order chi connectivity index (χ0) is 14.4. The van der Waals surface area contributed by atoms with Crippen LogP contribution in [0.3, 0.4) is 0 Å². The van der Waals surface area contributed by atoms with E-state index >= 15 is 0 Å². The van der Waals surface area contributed by atoms with Crippen molar-refractivity contribution in [1.82, 2.24) is 0 Å². The van der Waals surface area contributed by atoms with Crippen molar-refractivity contribution >= 4 is 17.8 Å². The number of oxime groups is 1. The van der Waals surface area contributed by atoms with Gasteiger partial charge in [-0.3, -0.25) is 0 Å². The highest BCUT2D eigenvalue weighted by atomic mass is 35.5. The van der Waals surface area contributed by atoms with Crippen molar-refractivity contribution in [2.24, 2.45) is 5.16 Å². The molecule has 0 aliphatic carbocycles. The van der Waals surface area contributed by atoms with Crippen LogP contribution in [0.1, 0.15) is 16.7 Å². The third-order valence-electron chi connectivity index (χ3n) is 2.61. The lowest BCUT2D eigenvalue weighted by molar-refractivity contribution is 0.132. The highest BCUT2D eigenvalue weighted by Gasteiger charge is 2.04. The molecule has 0 aliphatic rings. The fourth-order valence-electron chi connectivity index (χ4n) is 1.59. The molecule has 2 rings (SSSR count). The molecule has 100 valence electrons. The minimum absolute atomic E-state index is 0.131. The van der Waals surface area contributed by atoms with Crippen molar-refractivity contribution in [3.05, 3.63) is 70.0 Å². The molecule has 0 fully saturated rings. The van der Waals surface area contributed by atoms with E-state index in [1.54, 1.807) is 30.3 Å². The lowest BCUT2D eigenvalue weighted by Gasteiger charge is -2.02. The molecule has 20 heavy (non-hydrogen) atoms. The number of halogens is 2. The van der Waals surface area contributed by atoms with Gasteiger partial charge in [0.2, 0.25) is 0 Å². The minimum atomic E-state index is -0.470. The van der Waals surface area contributed by atoms with E-state index in [4.69, 9.17) is 21.7 Å². The van der Waals surface area contributed by atoms with Crippen LogP contribution in [0.2, 0.25) is 5.02 Å². The summed E-state index contributed by atoms with van der Waals surface area (Å²) < 4.78 is 13.4. The second-order valence-electron chi connectivity index (χ2n) is 3.91. The molecule has 0 atom stereocenters. The van der Waals surface area contributed by atoms with Crippen LogP contribution < -0.4 is 0 Å². The molecule has 0 bridgehead atoms. The van der Waals surface area contributed by atoms with Crippen LogP contribution in [0.15, 0.2) is 47.6 Å². The highest BCUT2D eigenvalue weighted by Crippen LogP contribution is 2.16. The summed E-state index contributed by atoms with van der Waals surface area (Å²) in [7, 11) is 0. The van der Waals surface area contributed by atoms with Crippen molar-refractivity contribution in [3.63, 3.8) is 0 Å². The maximum Gasteiger partial charge on any atom is 0.143 e. The Labute approximate surface area is 120 Å². The molecule has 3 nitrogen and oxygen atoms in total. The van der Waals surface area contributed by atoms with Gasteiger partial charge < -0.3 is 4.84 Å². The van der Waals surface area contributed by atoms with Crippen LogP contribution in [0.25, 0.3) is 0 Å². The van der Waals surface area contributed by atoms with Crippen LogP contribution in [0.5, 0.6) is 0 Å². The SMILES string of the molecule is N#Cc1ccccc1CO/N=C\c1c(F)cccc1Cl. The van der Waals surface area contributed by atoms with E-state index in [0.717, 1.165) is 0 Å². The zero-order valence-corrected chi connectivity index (χ0v) is 11.1. The molecule has 0 aromatic heterocycles. The summed E-state index contributed by atoms with van der Waals surface area (Å²) >= 11 is 5.84. The van der Waals surface area contributed by atoms with E-state index in [2.05, 4.69) is 11.2 Å². The van der Waals surface area contributed by atoms with Crippen molar-refractivity contribution in [2.45, 2.75) is 6.61 Å². The summed E-state index contributed by atoms with van der Waals surface area (Å²) in [5.74, 6) is -0.470. The quantitative estimate of drug-likeness (QED) is 0.632. The predicted molar refractivity (Wildman–Crippen MR) is 75.0 cm³/mol. The van der Waals surface area contributed by atoms with Crippen LogP contribution in [-0.4, -0.2) is 6.21 Å². The Morgan fingerprint density at radius 1 is 1.25 bits per heavy atom. The molecule has 5 heteroatoms. The van der Waals surface area contributed by atoms with Gasteiger partial charge in [-0.1, -0.05) is 41.0 Å². The van der Waals surface area contributed by atoms with Gasteiger partial charge in [0, 0.05) is 5.56 Å². The summed E-state index contributed by atoms with van der Waals surface area (Å²) in [6.45, 7) is 0.131. The van der Waals surface area contributed by atoms with Crippen LogP contribution in [0, 0.1) is 17.1 Å². The third kappa shape index (κ3) is 3.34. The van der Waals surface area contributed by atoms with Gasteiger partial charge in [-0.25, -0.2) is 4.39 Å². The van der Waals surface area contributed by atoms with E-state index in [1.807, 2.05) is 0 Å². The van der Waals surface area contributed by atoms with E-state index in [-0.39, 0.29) is 17.2 Å². The largest absolute Gasteiger partial charge is 0.391 e. The lowest BCUT2D eigenvalue weighted by atomic mass is 10.1. The number of nitriles is 1. The summed E-state index contributed by atoms with van der Waals surface area (Å²) in [5.41, 5.74) is 1.40. The average molecular weight is 289 g/mol. The van der Waals surface area contributed by atoms with E-state index in [0.29, 0.717) is 11.1 Å². The number of hydrogen-bond donors (Lipinski definition) is 0. The van der Waals surface area contributed by atoms with Gasteiger partial charge in [0.05, 0.1) is 28.4 Å². The lowest BCUT2D eigenvalue weighted by Crippen LogP contribution is -1.93. The molecular formula is C15H10ClFN2O. The molecule has 2 aromatic rings. The first kappa shape index (κ1) is 14.0. The fraction of sp³-hybridized carbons (Fsp3) is 0.0667. The Balaban J connectivity index is 2.03. The predicted octanol–water partition coefficient (Wildman–Crippen LogP) is 3.90. The normalized spacial score (nSPS) is 10.4. The second kappa shape index (κ2) is 6.69. The van der Waals surface area contributed by atoms with Crippen molar-refractivity contribution in [1.29, 1.82) is 5.26 Å². The maximum absolute atomic E-state index is 13.4. The second-order valence-corrected chi connectivity index (χ2v) is 4.32. The summed E-state index contributed by atoms with van der Waals surface area (Å²) in [6, 6.07) is 13.5. The molecule has 0 amide bonds. The molecular weight excluding hydrogens is 279 g/mol. The Kier molecular flexibility index (Phi) is 4.70. The topological polar surface area (TPSA) is 45.4 Å². The van der Waals surface area contributed by atoms with Crippen molar-refractivity contribution in [2.75, 3.05) is 0 Å². The number of nitrogens with zero attached hydrogens (tertiary/aromatic N) is 2. The molecule has 2 aromatic carbocycles. The van der Waals surface area contributed by atoms with Crippen LogP contribution in [0.4, 0.5) is 4.39 Å². The molecule has 0 saturated carbocycles. The van der Waals surface area contributed by atoms with Crippen molar-refractivity contribution in [3.8, 4) is 6.07 Å². The minimum Gasteiger partial charge on any atom is -0.391 e. The standard InChI is InChI=1S/C15H10ClFN2O/c16-14-6-3-7-15(17)13(14)9-19-20-10-12-5-2-1-4-11(12)8-18/h1-7,9H,10H2/b19-9-. The third-order valence-corrected chi connectivity index (χ3v) is 2.94. The van der Waals surface area contributed by atoms with Crippen LogP contribution in [-0.2, 0) is 11.4 Å². The van der Waals surface area contributed by atoms with E-state index in [1.165, 1.54) is 18.3 Å². The Bertz CT molecular complexity index is 660. The molecule has 0 aliphatic heterocycles. The van der Waals surface area contributed by atoms with Crippen LogP contribution >= 0.6 is 11.6 Å². The number of rotatable bonds is 4. The number of benzene rings is 2. The summed E-state index contributed by atoms with van der Waals surface area (Å²) in [4.78, 5) is 5.07. The highest BCUT2D eigenvalue weighted by molar-refractivity contribution is 6.33. The van der Waals surface area contributed by atoms with Gasteiger partial charge in [0.1, 0.15) is 12.4 Å². The maximum atomic E-state index is 13.4. The first-order valence-electron chi connectivity index (χ1n) is 5.79. The first-order chi connectivity index (χ1) is 9.72. The first-order valence-corrected chi connectivity index (χ1v) is 6.17. The number of hydrogen-bond acceptors (Lipinski definition) is 3. The van der Waals surface area contributed by atoms with Gasteiger partial charge in [-0.2, -0.15) is 5.26 Å². The van der Waals surface area contributed by atoms with Gasteiger partial charge >= 0.3 is 0 Å². The smallest absolute Gasteiger partial charge is 0.143 e. The van der Waals surface area contributed by atoms with Gasteiger partial charge in [0.25, 0.3) is 0 Å².